The summed E-state index contributed by atoms with van der Waals surface area (Å²) in [7, 11) is -3.65. The zero-order valence-corrected chi connectivity index (χ0v) is 20.0. The van der Waals surface area contributed by atoms with E-state index >= 15 is 0 Å². The monoisotopic (exact) mass is 431 g/mol. The predicted octanol–water partition coefficient (Wildman–Crippen LogP) is 2.92. The second-order valence-corrected chi connectivity index (χ2v) is 11.8. The van der Waals surface area contributed by atoms with Crippen LogP contribution in [0.3, 0.4) is 0 Å². The van der Waals surface area contributed by atoms with Gasteiger partial charge in [0.1, 0.15) is 0 Å². The first-order chi connectivity index (χ1) is 13.4. The number of piperidine rings is 2. The van der Waals surface area contributed by atoms with Gasteiger partial charge in [0.15, 0.2) is 0 Å². The molecule has 7 nitrogen and oxygen atoms in total. The highest BCUT2D eigenvalue weighted by Gasteiger charge is 2.45. The average molecular weight is 432 g/mol. The smallest absolute Gasteiger partial charge is 0.310 e. The van der Waals surface area contributed by atoms with Crippen molar-refractivity contribution < 1.29 is 17.9 Å². The van der Waals surface area contributed by atoms with Crippen molar-refractivity contribution in [1.82, 2.24) is 13.9 Å². The lowest BCUT2D eigenvalue weighted by Gasteiger charge is -2.50. The SMILES string of the molecule is CCCCN(C1CC(C)(C)NC(C)(C)C1)S(=O)(=O)N1CCC[C@H](C(=O)OCC)C1. The first-order valence-corrected chi connectivity index (χ1v) is 12.5. The maximum absolute atomic E-state index is 13.7. The molecule has 0 aromatic heterocycles. The Morgan fingerprint density at radius 1 is 1.17 bits per heavy atom. The van der Waals surface area contributed by atoms with Crippen LogP contribution >= 0.6 is 0 Å². The summed E-state index contributed by atoms with van der Waals surface area (Å²) in [6.45, 7) is 14.0. The van der Waals surface area contributed by atoms with Gasteiger partial charge in [0, 0.05) is 36.8 Å². The Hall–Kier alpha value is -0.700. The van der Waals surface area contributed by atoms with Gasteiger partial charge in [-0.2, -0.15) is 17.0 Å². The van der Waals surface area contributed by atoms with Crippen LogP contribution in [-0.2, 0) is 19.7 Å². The van der Waals surface area contributed by atoms with E-state index in [4.69, 9.17) is 4.74 Å². The van der Waals surface area contributed by atoms with Crippen LogP contribution in [0.15, 0.2) is 0 Å². The van der Waals surface area contributed by atoms with Gasteiger partial charge >= 0.3 is 5.97 Å². The molecule has 2 aliphatic rings. The van der Waals surface area contributed by atoms with Crippen LogP contribution in [-0.4, -0.2) is 66.4 Å². The van der Waals surface area contributed by atoms with Crippen molar-refractivity contribution in [2.75, 3.05) is 26.2 Å². The molecule has 2 aliphatic heterocycles. The van der Waals surface area contributed by atoms with Crippen molar-refractivity contribution in [3.8, 4) is 0 Å². The van der Waals surface area contributed by atoms with Gasteiger partial charge in [0.2, 0.25) is 0 Å². The fourth-order valence-electron chi connectivity index (χ4n) is 5.03. The highest BCUT2D eigenvalue weighted by Crippen LogP contribution is 2.34. The van der Waals surface area contributed by atoms with E-state index in [9.17, 15) is 13.2 Å². The number of nitrogens with one attached hydrogen (secondary N) is 1. The number of rotatable bonds is 8. The molecular formula is C21H41N3O4S. The van der Waals surface area contributed by atoms with Gasteiger partial charge in [-0.3, -0.25) is 4.79 Å². The van der Waals surface area contributed by atoms with E-state index in [-0.39, 0.29) is 35.6 Å². The Morgan fingerprint density at radius 3 is 2.34 bits per heavy atom. The fraction of sp³-hybridized carbons (Fsp3) is 0.952. The largest absolute Gasteiger partial charge is 0.466 e. The highest BCUT2D eigenvalue weighted by molar-refractivity contribution is 7.86. The van der Waals surface area contributed by atoms with Gasteiger partial charge in [-0.05, 0) is 66.7 Å². The molecule has 2 fully saturated rings. The summed E-state index contributed by atoms with van der Waals surface area (Å²) >= 11 is 0. The Balaban J connectivity index is 2.26. The molecule has 2 rings (SSSR count). The number of unbranched alkanes of at least 4 members (excludes halogenated alkanes) is 1. The standard InChI is InChI=1S/C21H41N3O4S/c1-7-9-13-24(18-14-20(3,4)22-21(5,6)15-18)29(26,27)23-12-10-11-17(16-23)19(25)28-8-2/h17-18,22H,7-16H2,1-6H3/t17-/m0/s1. The molecule has 29 heavy (non-hydrogen) atoms. The maximum Gasteiger partial charge on any atom is 0.310 e. The Morgan fingerprint density at radius 2 is 1.79 bits per heavy atom. The van der Waals surface area contributed by atoms with E-state index in [2.05, 4.69) is 39.9 Å². The Bertz CT molecular complexity index is 647. The van der Waals surface area contributed by atoms with Crippen LogP contribution in [0.25, 0.3) is 0 Å². The average Bonchev–Trinajstić information content (AvgIpc) is 2.59. The van der Waals surface area contributed by atoms with Gasteiger partial charge < -0.3 is 10.1 Å². The van der Waals surface area contributed by atoms with Gasteiger partial charge in [-0.25, -0.2) is 0 Å². The molecule has 0 aliphatic carbocycles. The first kappa shape index (κ1) is 24.6. The normalized spacial score (nSPS) is 25.8. The molecule has 1 atom stereocenters. The van der Waals surface area contributed by atoms with Crippen molar-refractivity contribution in [3.05, 3.63) is 0 Å². The number of nitrogens with zero attached hydrogens (tertiary/aromatic N) is 2. The van der Waals surface area contributed by atoms with E-state index in [1.807, 2.05) is 0 Å². The molecule has 0 unspecified atom stereocenters. The molecule has 8 heteroatoms. The van der Waals surface area contributed by atoms with E-state index in [1.165, 1.54) is 4.31 Å². The number of hydrogen-bond donors (Lipinski definition) is 1. The van der Waals surface area contributed by atoms with Crippen molar-refractivity contribution in [3.63, 3.8) is 0 Å². The molecule has 0 bridgehead atoms. The molecule has 0 saturated carbocycles. The molecule has 0 aromatic rings. The third kappa shape index (κ3) is 6.39. The van der Waals surface area contributed by atoms with Gasteiger partial charge in [0.25, 0.3) is 10.2 Å². The number of carbonyl (C=O) groups excluding carboxylic acids is 1. The van der Waals surface area contributed by atoms with Crippen LogP contribution in [0.5, 0.6) is 0 Å². The van der Waals surface area contributed by atoms with Crippen molar-refractivity contribution in [2.45, 2.75) is 97.2 Å². The zero-order chi connectivity index (χ0) is 21.9. The molecule has 0 aromatic carbocycles. The third-order valence-electron chi connectivity index (χ3n) is 5.93. The van der Waals surface area contributed by atoms with Gasteiger partial charge in [-0.15, -0.1) is 0 Å². The highest BCUT2D eigenvalue weighted by atomic mass is 32.2. The van der Waals surface area contributed by atoms with E-state index in [1.54, 1.807) is 11.2 Å². The van der Waals surface area contributed by atoms with Gasteiger partial charge in [0.05, 0.1) is 12.5 Å². The van der Waals surface area contributed by atoms with Crippen molar-refractivity contribution in [1.29, 1.82) is 0 Å². The zero-order valence-electron chi connectivity index (χ0n) is 19.2. The number of ether oxygens (including phenoxy) is 1. The van der Waals surface area contributed by atoms with Crippen LogP contribution in [0.1, 0.15) is 80.1 Å². The molecule has 1 N–H and O–H groups in total. The van der Waals surface area contributed by atoms with Crippen LogP contribution in [0, 0.1) is 5.92 Å². The van der Waals surface area contributed by atoms with Crippen LogP contribution < -0.4 is 5.32 Å². The predicted molar refractivity (Wildman–Crippen MR) is 116 cm³/mol. The van der Waals surface area contributed by atoms with Crippen LogP contribution in [0.2, 0.25) is 0 Å². The summed E-state index contributed by atoms with van der Waals surface area (Å²) in [5.74, 6) is -0.649. The summed E-state index contributed by atoms with van der Waals surface area (Å²) in [6.07, 6.45) is 4.69. The second-order valence-electron chi connectivity index (χ2n) is 9.88. The maximum atomic E-state index is 13.7. The molecule has 0 radical (unpaired) electrons. The molecule has 2 saturated heterocycles. The minimum atomic E-state index is -3.65. The minimum Gasteiger partial charge on any atom is -0.466 e. The second kappa shape index (κ2) is 9.62. The topological polar surface area (TPSA) is 79.0 Å². The molecule has 2 heterocycles. The van der Waals surface area contributed by atoms with E-state index < -0.39 is 10.2 Å². The summed E-state index contributed by atoms with van der Waals surface area (Å²) in [5, 5.41) is 3.64. The fourth-order valence-corrected chi connectivity index (χ4v) is 6.94. The molecule has 170 valence electrons. The lowest BCUT2D eigenvalue weighted by molar-refractivity contribution is -0.149. The van der Waals surface area contributed by atoms with Crippen molar-refractivity contribution >= 4 is 16.2 Å². The number of carbonyl (C=O) groups is 1. The lowest BCUT2D eigenvalue weighted by Crippen LogP contribution is -2.64. The quantitative estimate of drug-likeness (QED) is 0.598. The Labute approximate surface area is 177 Å². The summed E-state index contributed by atoms with van der Waals surface area (Å²) in [4.78, 5) is 12.2. The molecule has 0 amide bonds. The molecular weight excluding hydrogens is 390 g/mol. The van der Waals surface area contributed by atoms with Gasteiger partial charge in [-0.1, -0.05) is 13.3 Å². The first-order valence-electron chi connectivity index (χ1n) is 11.1. The summed E-state index contributed by atoms with van der Waals surface area (Å²) in [6, 6.07) is -0.0548. The van der Waals surface area contributed by atoms with E-state index in [0.717, 1.165) is 25.7 Å². The number of esters is 1. The minimum absolute atomic E-state index is 0.0548. The van der Waals surface area contributed by atoms with E-state index in [0.29, 0.717) is 32.5 Å². The Kier molecular flexibility index (Phi) is 8.15. The van der Waals surface area contributed by atoms with Crippen LogP contribution in [0.4, 0.5) is 0 Å². The lowest BCUT2D eigenvalue weighted by atomic mass is 9.79. The third-order valence-corrected chi connectivity index (χ3v) is 7.99. The molecule has 0 spiro atoms. The van der Waals surface area contributed by atoms with Crippen molar-refractivity contribution in [2.24, 2.45) is 5.92 Å². The number of hydrogen-bond acceptors (Lipinski definition) is 5. The summed E-state index contributed by atoms with van der Waals surface area (Å²) in [5.41, 5.74) is -0.274. The summed E-state index contributed by atoms with van der Waals surface area (Å²) < 4.78 is 35.8.